The molecule has 0 bridgehead atoms. The fourth-order valence-electron chi connectivity index (χ4n) is 5.59. The van der Waals surface area contributed by atoms with E-state index < -0.39 is 0 Å². The molecule has 0 radical (unpaired) electrons. The molecular formula is C28H31N5O4. The van der Waals surface area contributed by atoms with Gasteiger partial charge in [0.1, 0.15) is 0 Å². The lowest BCUT2D eigenvalue weighted by atomic mass is 10.1. The van der Waals surface area contributed by atoms with Crippen LogP contribution in [0.2, 0.25) is 0 Å². The third kappa shape index (κ3) is 4.33. The summed E-state index contributed by atoms with van der Waals surface area (Å²) in [6.45, 7) is 6.63. The Morgan fingerprint density at radius 2 is 1.62 bits per heavy atom. The van der Waals surface area contributed by atoms with E-state index in [1.807, 2.05) is 12.1 Å². The smallest absolute Gasteiger partial charge is 0.289 e. The van der Waals surface area contributed by atoms with Gasteiger partial charge in [0.05, 0.1) is 11.1 Å². The molecule has 3 aliphatic heterocycles. The number of carbonyl (C=O) groups excluding carboxylic acids is 2. The fourth-order valence-corrected chi connectivity index (χ4v) is 5.59. The minimum Gasteiger partial charge on any atom is -0.448 e. The maximum Gasteiger partial charge on any atom is 0.289 e. The molecule has 6 rings (SSSR count). The lowest BCUT2D eigenvalue weighted by Gasteiger charge is -2.36. The summed E-state index contributed by atoms with van der Waals surface area (Å²) in [5.41, 5.74) is 4.36. The number of carbonyl (C=O) groups is 2. The Labute approximate surface area is 215 Å². The van der Waals surface area contributed by atoms with E-state index in [1.165, 1.54) is 11.6 Å². The first-order valence-corrected chi connectivity index (χ1v) is 12.9. The Hall–Kier alpha value is -3.85. The van der Waals surface area contributed by atoms with Crippen molar-refractivity contribution < 1.29 is 14.0 Å². The molecule has 2 amide bonds. The second-order valence-corrected chi connectivity index (χ2v) is 10.1. The van der Waals surface area contributed by atoms with Crippen LogP contribution in [0.5, 0.6) is 0 Å². The quantitative estimate of drug-likeness (QED) is 0.506. The standard InChI is InChI=1S/C28H31N5O4/c1-29-9-11-31(12-10-29)23-4-2-3-22-25(35)18-26(37-27(22)23)28(36)32-15-13-30(14-16-32)21-6-5-20-7-8-33(19-34)24(20)17-21/h2-6,17-19H,7-16H2,1H3. The van der Waals surface area contributed by atoms with Gasteiger partial charge in [0.15, 0.2) is 16.8 Å². The fraction of sp³-hybridized carbons (Fsp3) is 0.393. The molecule has 2 saturated heterocycles. The number of piperazine rings is 2. The largest absolute Gasteiger partial charge is 0.448 e. The SMILES string of the molecule is CN1CCN(c2cccc3c(=O)cc(C(=O)N4CCN(c5ccc6c(c5)N(C=O)CC6)CC4)oc23)CC1. The minimum atomic E-state index is -0.257. The van der Waals surface area contributed by atoms with Crippen LogP contribution in [-0.2, 0) is 11.2 Å². The van der Waals surface area contributed by atoms with E-state index in [4.69, 9.17) is 4.42 Å². The van der Waals surface area contributed by atoms with Crippen molar-refractivity contribution in [2.75, 3.05) is 80.7 Å². The molecule has 0 spiro atoms. The molecule has 2 aromatic carbocycles. The van der Waals surface area contributed by atoms with Gasteiger partial charge in [0, 0.05) is 76.3 Å². The van der Waals surface area contributed by atoms with Crippen LogP contribution in [-0.4, -0.2) is 88.1 Å². The first-order valence-electron chi connectivity index (χ1n) is 12.9. The number of amides is 2. The molecule has 0 atom stereocenters. The maximum atomic E-state index is 13.4. The molecule has 37 heavy (non-hydrogen) atoms. The van der Waals surface area contributed by atoms with Gasteiger partial charge in [-0.2, -0.15) is 0 Å². The third-order valence-electron chi connectivity index (χ3n) is 7.85. The molecule has 192 valence electrons. The summed E-state index contributed by atoms with van der Waals surface area (Å²) in [7, 11) is 2.10. The maximum absolute atomic E-state index is 13.4. The van der Waals surface area contributed by atoms with Gasteiger partial charge < -0.3 is 28.9 Å². The number of rotatable bonds is 4. The Balaban J connectivity index is 1.20. The highest BCUT2D eigenvalue weighted by Crippen LogP contribution is 2.32. The molecule has 2 fully saturated rings. The van der Waals surface area contributed by atoms with E-state index in [2.05, 4.69) is 39.9 Å². The minimum absolute atomic E-state index is 0.0895. The van der Waals surface area contributed by atoms with Gasteiger partial charge in [-0.05, 0) is 43.3 Å². The zero-order valence-corrected chi connectivity index (χ0v) is 21.1. The van der Waals surface area contributed by atoms with E-state index in [0.29, 0.717) is 37.1 Å². The predicted octanol–water partition coefficient (Wildman–Crippen LogP) is 2.03. The highest BCUT2D eigenvalue weighted by atomic mass is 16.3. The van der Waals surface area contributed by atoms with Crippen molar-refractivity contribution in [1.82, 2.24) is 9.80 Å². The summed E-state index contributed by atoms with van der Waals surface area (Å²) < 4.78 is 6.16. The zero-order valence-electron chi connectivity index (χ0n) is 21.1. The van der Waals surface area contributed by atoms with Crippen molar-refractivity contribution in [2.45, 2.75) is 6.42 Å². The van der Waals surface area contributed by atoms with Crippen LogP contribution in [0.1, 0.15) is 16.1 Å². The molecule has 0 N–H and O–H groups in total. The highest BCUT2D eigenvalue weighted by Gasteiger charge is 2.27. The molecule has 0 saturated carbocycles. The van der Waals surface area contributed by atoms with Gasteiger partial charge in [0.25, 0.3) is 5.91 Å². The van der Waals surface area contributed by atoms with E-state index in [1.54, 1.807) is 15.9 Å². The van der Waals surface area contributed by atoms with Crippen molar-refractivity contribution in [3.8, 4) is 0 Å². The second kappa shape index (κ2) is 9.55. The summed E-state index contributed by atoms with van der Waals surface area (Å²) >= 11 is 0. The molecule has 4 heterocycles. The normalized spacial score (nSPS) is 18.4. The van der Waals surface area contributed by atoms with E-state index in [0.717, 1.165) is 62.6 Å². The van der Waals surface area contributed by atoms with Gasteiger partial charge in [-0.1, -0.05) is 12.1 Å². The summed E-state index contributed by atoms with van der Waals surface area (Å²) in [5.74, 6) is -0.167. The Bertz CT molecular complexity index is 1400. The monoisotopic (exact) mass is 501 g/mol. The molecule has 1 aromatic heterocycles. The average molecular weight is 502 g/mol. The van der Waals surface area contributed by atoms with Gasteiger partial charge in [-0.25, -0.2) is 0 Å². The van der Waals surface area contributed by atoms with E-state index >= 15 is 0 Å². The lowest BCUT2D eigenvalue weighted by molar-refractivity contribution is -0.107. The van der Waals surface area contributed by atoms with Crippen LogP contribution in [0.4, 0.5) is 17.1 Å². The molecule has 0 unspecified atom stereocenters. The van der Waals surface area contributed by atoms with Crippen LogP contribution in [0.3, 0.4) is 0 Å². The van der Waals surface area contributed by atoms with Crippen LogP contribution in [0.25, 0.3) is 11.0 Å². The van der Waals surface area contributed by atoms with Crippen LogP contribution >= 0.6 is 0 Å². The number of hydrogen-bond donors (Lipinski definition) is 0. The molecule has 9 heteroatoms. The molecule has 9 nitrogen and oxygen atoms in total. The number of fused-ring (bicyclic) bond motifs is 2. The molecule has 0 aliphatic carbocycles. The predicted molar refractivity (Wildman–Crippen MR) is 144 cm³/mol. The molecule has 3 aromatic rings. The van der Waals surface area contributed by atoms with E-state index in [-0.39, 0.29) is 17.1 Å². The summed E-state index contributed by atoms with van der Waals surface area (Å²) in [4.78, 5) is 48.0. The average Bonchev–Trinajstić information content (AvgIpc) is 3.35. The first kappa shape index (κ1) is 23.5. The second-order valence-electron chi connectivity index (χ2n) is 10.1. The van der Waals surface area contributed by atoms with Gasteiger partial charge in [-0.15, -0.1) is 0 Å². The topological polar surface area (TPSA) is 80.6 Å². The van der Waals surface area contributed by atoms with Gasteiger partial charge in [-0.3, -0.25) is 14.4 Å². The molecule has 3 aliphatic rings. The highest BCUT2D eigenvalue weighted by molar-refractivity contribution is 5.96. The number of anilines is 3. The number of para-hydroxylation sites is 1. The first-order chi connectivity index (χ1) is 18.0. The number of likely N-dealkylation sites (N-methyl/N-ethyl adjacent to an activating group) is 1. The summed E-state index contributed by atoms with van der Waals surface area (Å²) in [6, 6.07) is 13.2. The number of nitrogens with zero attached hydrogens (tertiary/aromatic N) is 5. The third-order valence-corrected chi connectivity index (χ3v) is 7.85. The van der Waals surface area contributed by atoms with Crippen molar-refractivity contribution >= 4 is 40.3 Å². The number of hydrogen-bond acceptors (Lipinski definition) is 7. The van der Waals surface area contributed by atoms with Crippen molar-refractivity contribution in [2.24, 2.45) is 0 Å². The summed E-state index contributed by atoms with van der Waals surface area (Å²) in [5, 5.41) is 0.499. The molecular weight excluding hydrogens is 470 g/mol. The Morgan fingerprint density at radius 3 is 2.38 bits per heavy atom. The lowest BCUT2D eigenvalue weighted by Crippen LogP contribution is -2.49. The van der Waals surface area contributed by atoms with Crippen LogP contribution in [0, 0.1) is 0 Å². The Kier molecular flexibility index (Phi) is 6.08. The van der Waals surface area contributed by atoms with Crippen molar-refractivity contribution in [3.63, 3.8) is 0 Å². The van der Waals surface area contributed by atoms with Crippen molar-refractivity contribution in [1.29, 1.82) is 0 Å². The van der Waals surface area contributed by atoms with Crippen LogP contribution < -0.4 is 20.1 Å². The van der Waals surface area contributed by atoms with Crippen molar-refractivity contribution in [3.05, 3.63) is 64.0 Å². The summed E-state index contributed by atoms with van der Waals surface area (Å²) in [6.07, 6.45) is 1.77. The zero-order chi connectivity index (χ0) is 25.5. The van der Waals surface area contributed by atoms with Crippen LogP contribution in [0.15, 0.2) is 51.7 Å². The Morgan fingerprint density at radius 1 is 0.865 bits per heavy atom. The number of benzene rings is 2. The van der Waals surface area contributed by atoms with E-state index in [9.17, 15) is 14.4 Å². The van der Waals surface area contributed by atoms with Gasteiger partial charge >= 0.3 is 0 Å². The van der Waals surface area contributed by atoms with Gasteiger partial charge in [0.2, 0.25) is 6.41 Å².